The van der Waals surface area contributed by atoms with Crippen LogP contribution in [0.15, 0.2) is 41.3 Å². The molecule has 0 unspecified atom stereocenters. The van der Waals surface area contributed by atoms with Crippen molar-refractivity contribution in [3.05, 3.63) is 53.1 Å². The molecule has 0 aromatic heterocycles. The molecule has 2 aromatic rings. The second-order valence-corrected chi connectivity index (χ2v) is 9.77. The zero-order valence-electron chi connectivity index (χ0n) is 17.1. The first-order chi connectivity index (χ1) is 13.9. The average molecular weight is 417 g/mol. The van der Waals surface area contributed by atoms with Crippen molar-refractivity contribution < 1.29 is 17.9 Å². The molecule has 7 heteroatoms. The molecule has 0 spiro atoms. The standard InChI is InChI=1S/C22H28N2O4S/c1-17-12-18(2)14-19(13-17)16-23-6-8-24(9-7-23)29(25,26)20-4-5-21-22(15-20)28-11-3-10-27-21/h4-5,12-15H,3,6-11,16H2,1-2H3. The number of rotatable bonds is 4. The van der Waals surface area contributed by atoms with E-state index in [9.17, 15) is 8.42 Å². The summed E-state index contributed by atoms with van der Waals surface area (Å²) in [6.45, 7) is 8.60. The lowest BCUT2D eigenvalue weighted by Gasteiger charge is -2.34. The van der Waals surface area contributed by atoms with Gasteiger partial charge in [-0.05, 0) is 31.5 Å². The molecule has 4 rings (SSSR count). The SMILES string of the molecule is Cc1cc(C)cc(CN2CCN(S(=O)(=O)c3ccc4c(c3)OCCCO4)CC2)c1. The summed E-state index contributed by atoms with van der Waals surface area (Å²) in [6.07, 6.45) is 0.791. The summed E-state index contributed by atoms with van der Waals surface area (Å²) in [7, 11) is -3.55. The molecule has 29 heavy (non-hydrogen) atoms. The van der Waals surface area contributed by atoms with Crippen LogP contribution in [0.4, 0.5) is 0 Å². The van der Waals surface area contributed by atoms with Gasteiger partial charge in [0.05, 0.1) is 18.1 Å². The first-order valence-electron chi connectivity index (χ1n) is 10.1. The molecule has 2 aliphatic heterocycles. The van der Waals surface area contributed by atoms with Crippen LogP contribution >= 0.6 is 0 Å². The molecule has 2 aliphatic rings. The van der Waals surface area contributed by atoms with Crippen molar-refractivity contribution in [3.63, 3.8) is 0 Å². The molecule has 0 atom stereocenters. The fourth-order valence-electron chi connectivity index (χ4n) is 4.00. The van der Waals surface area contributed by atoms with E-state index >= 15 is 0 Å². The Kier molecular flexibility index (Phi) is 5.81. The Morgan fingerprint density at radius 2 is 1.52 bits per heavy atom. The quantitative estimate of drug-likeness (QED) is 0.767. The van der Waals surface area contributed by atoms with E-state index in [1.54, 1.807) is 22.5 Å². The summed E-state index contributed by atoms with van der Waals surface area (Å²) >= 11 is 0. The van der Waals surface area contributed by atoms with E-state index in [0.29, 0.717) is 37.8 Å². The number of benzene rings is 2. The summed E-state index contributed by atoms with van der Waals surface area (Å²) in [4.78, 5) is 2.58. The van der Waals surface area contributed by atoms with Crippen LogP contribution in [0.1, 0.15) is 23.1 Å². The Bertz CT molecular complexity index is 962. The molecule has 2 heterocycles. The van der Waals surface area contributed by atoms with Gasteiger partial charge in [0, 0.05) is 45.2 Å². The molecule has 0 amide bonds. The highest BCUT2D eigenvalue weighted by molar-refractivity contribution is 7.89. The fourth-order valence-corrected chi connectivity index (χ4v) is 5.44. The summed E-state index contributed by atoms with van der Waals surface area (Å²) in [5.74, 6) is 1.12. The second kappa shape index (κ2) is 8.34. The number of piperazine rings is 1. The van der Waals surface area contributed by atoms with E-state index in [1.807, 2.05) is 0 Å². The number of ether oxygens (including phenoxy) is 2. The molecule has 1 saturated heterocycles. The molecular weight excluding hydrogens is 388 g/mol. The normalized spacial score (nSPS) is 18.4. The monoisotopic (exact) mass is 416 g/mol. The third-order valence-corrected chi connectivity index (χ3v) is 7.27. The predicted molar refractivity (Wildman–Crippen MR) is 112 cm³/mol. The van der Waals surface area contributed by atoms with Crippen molar-refractivity contribution >= 4 is 10.0 Å². The fraction of sp³-hybridized carbons (Fsp3) is 0.455. The van der Waals surface area contributed by atoms with Crippen LogP contribution in [0, 0.1) is 13.8 Å². The summed E-state index contributed by atoms with van der Waals surface area (Å²) < 4.78 is 39.1. The number of hydrogen-bond acceptors (Lipinski definition) is 5. The van der Waals surface area contributed by atoms with Crippen molar-refractivity contribution in [3.8, 4) is 11.5 Å². The Hall–Kier alpha value is -2.09. The Balaban J connectivity index is 1.43. The van der Waals surface area contributed by atoms with Gasteiger partial charge in [-0.1, -0.05) is 29.3 Å². The molecule has 0 bridgehead atoms. The lowest BCUT2D eigenvalue weighted by atomic mass is 10.1. The zero-order chi connectivity index (χ0) is 20.4. The molecule has 1 fully saturated rings. The maximum atomic E-state index is 13.1. The number of hydrogen-bond donors (Lipinski definition) is 0. The third-order valence-electron chi connectivity index (χ3n) is 5.38. The van der Waals surface area contributed by atoms with Gasteiger partial charge >= 0.3 is 0 Å². The second-order valence-electron chi connectivity index (χ2n) is 7.84. The van der Waals surface area contributed by atoms with E-state index in [0.717, 1.165) is 26.1 Å². The molecule has 6 nitrogen and oxygen atoms in total. The minimum atomic E-state index is -3.55. The van der Waals surface area contributed by atoms with Crippen molar-refractivity contribution in [1.82, 2.24) is 9.21 Å². The molecule has 156 valence electrons. The van der Waals surface area contributed by atoms with E-state index in [4.69, 9.17) is 9.47 Å². The molecule has 0 aliphatic carbocycles. The molecule has 0 radical (unpaired) electrons. The maximum absolute atomic E-state index is 13.1. The van der Waals surface area contributed by atoms with Crippen LogP contribution in [0.2, 0.25) is 0 Å². The van der Waals surface area contributed by atoms with Gasteiger partial charge in [-0.2, -0.15) is 4.31 Å². The Morgan fingerprint density at radius 1 is 0.862 bits per heavy atom. The third kappa shape index (κ3) is 4.57. The summed E-state index contributed by atoms with van der Waals surface area (Å²) in [5.41, 5.74) is 3.80. The van der Waals surface area contributed by atoms with Crippen LogP contribution in [0.3, 0.4) is 0 Å². The molecule has 0 N–H and O–H groups in total. The van der Waals surface area contributed by atoms with Gasteiger partial charge in [-0.25, -0.2) is 8.42 Å². The van der Waals surface area contributed by atoms with E-state index in [-0.39, 0.29) is 4.90 Å². The van der Waals surface area contributed by atoms with E-state index in [1.165, 1.54) is 16.7 Å². The highest BCUT2D eigenvalue weighted by Crippen LogP contribution is 2.33. The minimum absolute atomic E-state index is 0.268. The van der Waals surface area contributed by atoms with Crippen molar-refractivity contribution in [2.45, 2.75) is 31.7 Å². The van der Waals surface area contributed by atoms with Gasteiger partial charge in [0.1, 0.15) is 0 Å². The van der Waals surface area contributed by atoms with Crippen LogP contribution < -0.4 is 9.47 Å². The largest absolute Gasteiger partial charge is 0.490 e. The molecular formula is C22H28N2O4S. The van der Waals surface area contributed by atoms with Crippen molar-refractivity contribution in [1.29, 1.82) is 0 Å². The lowest BCUT2D eigenvalue weighted by Crippen LogP contribution is -2.48. The smallest absolute Gasteiger partial charge is 0.243 e. The zero-order valence-corrected chi connectivity index (χ0v) is 17.9. The van der Waals surface area contributed by atoms with Crippen LogP contribution in [-0.2, 0) is 16.6 Å². The van der Waals surface area contributed by atoms with Gasteiger partial charge in [-0.3, -0.25) is 4.90 Å². The van der Waals surface area contributed by atoms with Crippen LogP contribution in [0.25, 0.3) is 0 Å². The average Bonchev–Trinajstić information content (AvgIpc) is 2.92. The van der Waals surface area contributed by atoms with Crippen molar-refractivity contribution in [2.24, 2.45) is 0 Å². The van der Waals surface area contributed by atoms with Gasteiger partial charge in [0.15, 0.2) is 11.5 Å². The first-order valence-corrected chi connectivity index (χ1v) is 11.6. The first kappa shape index (κ1) is 20.2. The van der Waals surface area contributed by atoms with Crippen LogP contribution in [-0.4, -0.2) is 57.0 Å². The Morgan fingerprint density at radius 3 is 2.21 bits per heavy atom. The van der Waals surface area contributed by atoms with Gasteiger partial charge in [-0.15, -0.1) is 0 Å². The Labute approximate surface area is 173 Å². The van der Waals surface area contributed by atoms with Gasteiger partial charge in [0.2, 0.25) is 10.0 Å². The van der Waals surface area contributed by atoms with Gasteiger partial charge < -0.3 is 9.47 Å². The molecule has 2 aromatic carbocycles. The summed E-state index contributed by atoms with van der Waals surface area (Å²) in [6, 6.07) is 11.5. The summed E-state index contributed by atoms with van der Waals surface area (Å²) in [5, 5.41) is 0. The van der Waals surface area contributed by atoms with E-state index in [2.05, 4.69) is 36.9 Å². The van der Waals surface area contributed by atoms with E-state index < -0.39 is 10.0 Å². The number of aryl methyl sites for hydroxylation is 2. The molecule has 0 saturated carbocycles. The van der Waals surface area contributed by atoms with Crippen molar-refractivity contribution in [2.75, 3.05) is 39.4 Å². The highest BCUT2D eigenvalue weighted by atomic mass is 32.2. The number of fused-ring (bicyclic) bond motifs is 1. The van der Waals surface area contributed by atoms with Crippen LogP contribution in [0.5, 0.6) is 11.5 Å². The lowest BCUT2D eigenvalue weighted by molar-refractivity contribution is 0.181. The number of sulfonamides is 1. The number of nitrogens with zero attached hydrogens (tertiary/aromatic N) is 2. The predicted octanol–water partition coefficient (Wildman–Crippen LogP) is 2.97. The highest BCUT2D eigenvalue weighted by Gasteiger charge is 2.29. The topological polar surface area (TPSA) is 59.1 Å². The maximum Gasteiger partial charge on any atom is 0.243 e. The minimum Gasteiger partial charge on any atom is -0.490 e. The van der Waals surface area contributed by atoms with Gasteiger partial charge in [0.25, 0.3) is 0 Å².